The van der Waals surface area contributed by atoms with Crippen LogP contribution in [0.4, 0.5) is 0 Å². The highest BCUT2D eigenvalue weighted by atomic mass is 16.7. The number of nitrogens with zero attached hydrogens (tertiary/aromatic N) is 3. The number of rotatable bonds is 7. The van der Waals surface area contributed by atoms with Gasteiger partial charge in [0.1, 0.15) is 24.1 Å². The molecular weight excluding hydrogens is 394 g/mol. The van der Waals surface area contributed by atoms with Gasteiger partial charge in [-0.2, -0.15) is 0 Å². The maximum absolute atomic E-state index is 11.0. The topological polar surface area (TPSA) is 165 Å². The predicted octanol–water partition coefficient (Wildman–Crippen LogP) is 1.48. The molecule has 5 atom stereocenters. The lowest BCUT2D eigenvalue weighted by atomic mass is 9.98. The summed E-state index contributed by atoms with van der Waals surface area (Å²) < 4.78 is 11.3. The number of ether oxygens (including phenoxy) is 2. The van der Waals surface area contributed by atoms with E-state index in [0.29, 0.717) is 22.4 Å². The highest BCUT2D eigenvalue weighted by molar-refractivity contribution is 5.74. The Morgan fingerprint density at radius 1 is 1.10 bits per heavy atom. The number of aliphatic hydroxyl groups is 3. The van der Waals surface area contributed by atoms with Crippen molar-refractivity contribution in [2.75, 3.05) is 6.54 Å². The number of azide groups is 1. The number of para-hydroxylation sites is 1. The van der Waals surface area contributed by atoms with Crippen molar-refractivity contribution in [3.8, 4) is 16.9 Å². The van der Waals surface area contributed by atoms with E-state index in [4.69, 9.17) is 20.1 Å². The number of aliphatic hydroxyl groups excluding tert-OH is 3. The molecule has 0 unspecified atom stereocenters. The third-order valence-corrected chi connectivity index (χ3v) is 4.72. The minimum Gasteiger partial charge on any atom is -0.481 e. The summed E-state index contributed by atoms with van der Waals surface area (Å²) in [5.41, 5.74) is 10.4. The zero-order valence-corrected chi connectivity index (χ0v) is 15.8. The molecule has 0 saturated carbocycles. The molecule has 10 heteroatoms. The van der Waals surface area contributed by atoms with Crippen LogP contribution in [0.2, 0.25) is 0 Å². The van der Waals surface area contributed by atoms with Crippen LogP contribution in [0.1, 0.15) is 5.56 Å². The van der Waals surface area contributed by atoms with Crippen LogP contribution in [-0.2, 0) is 16.0 Å². The van der Waals surface area contributed by atoms with Crippen LogP contribution in [0.3, 0.4) is 0 Å². The molecule has 158 valence electrons. The Morgan fingerprint density at radius 3 is 2.60 bits per heavy atom. The average molecular weight is 415 g/mol. The summed E-state index contributed by atoms with van der Waals surface area (Å²) in [5, 5.41) is 42.8. The van der Waals surface area contributed by atoms with E-state index in [1.54, 1.807) is 48.5 Å². The lowest BCUT2D eigenvalue weighted by Crippen LogP contribution is -2.59. The molecule has 2 aromatic rings. The van der Waals surface area contributed by atoms with Crippen LogP contribution in [-0.4, -0.2) is 63.6 Å². The molecule has 1 heterocycles. The summed E-state index contributed by atoms with van der Waals surface area (Å²) in [5.74, 6) is -0.630. The van der Waals surface area contributed by atoms with Crippen LogP contribution < -0.4 is 4.74 Å². The molecule has 0 bridgehead atoms. The fourth-order valence-corrected chi connectivity index (χ4v) is 3.24. The van der Waals surface area contributed by atoms with Gasteiger partial charge in [0.25, 0.3) is 0 Å². The molecule has 0 spiro atoms. The number of hydrogen-bond donors (Lipinski definition) is 4. The summed E-state index contributed by atoms with van der Waals surface area (Å²) in [6.45, 7) is -0.250. The van der Waals surface area contributed by atoms with Gasteiger partial charge >= 0.3 is 5.97 Å². The lowest BCUT2D eigenvalue weighted by Gasteiger charge is -2.40. The first-order valence-corrected chi connectivity index (χ1v) is 9.18. The van der Waals surface area contributed by atoms with Crippen molar-refractivity contribution in [3.05, 3.63) is 64.5 Å². The van der Waals surface area contributed by atoms with E-state index >= 15 is 0 Å². The number of benzene rings is 2. The van der Waals surface area contributed by atoms with Gasteiger partial charge in [-0.15, -0.1) is 0 Å². The highest BCUT2D eigenvalue weighted by Crippen LogP contribution is 2.33. The monoisotopic (exact) mass is 415 g/mol. The molecule has 0 amide bonds. The fourth-order valence-electron chi connectivity index (χ4n) is 3.24. The molecule has 0 aliphatic carbocycles. The van der Waals surface area contributed by atoms with Gasteiger partial charge in [0, 0.05) is 10.5 Å². The second-order valence-corrected chi connectivity index (χ2v) is 6.81. The van der Waals surface area contributed by atoms with E-state index in [-0.39, 0.29) is 13.0 Å². The normalized spacial score (nSPS) is 25.9. The average Bonchev–Trinajstić information content (AvgIpc) is 2.73. The van der Waals surface area contributed by atoms with Gasteiger partial charge in [-0.3, -0.25) is 4.79 Å². The molecule has 0 radical (unpaired) electrons. The fraction of sp³-hybridized carbons (Fsp3) is 0.350. The Hall–Kier alpha value is -3.14. The minimum absolute atomic E-state index is 0.132. The van der Waals surface area contributed by atoms with E-state index in [1.807, 2.05) is 0 Å². The second-order valence-electron chi connectivity index (χ2n) is 6.81. The molecule has 1 aliphatic rings. The quantitative estimate of drug-likeness (QED) is 0.302. The van der Waals surface area contributed by atoms with Gasteiger partial charge in [-0.25, -0.2) is 0 Å². The van der Waals surface area contributed by atoms with E-state index in [9.17, 15) is 20.1 Å². The summed E-state index contributed by atoms with van der Waals surface area (Å²) in [6, 6.07) is 13.8. The largest absolute Gasteiger partial charge is 0.481 e. The maximum atomic E-state index is 11.0. The van der Waals surface area contributed by atoms with E-state index < -0.39 is 36.7 Å². The number of aliphatic carboxylic acids is 1. The molecule has 1 aliphatic heterocycles. The van der Waals surface area contributed by atoms with Crippen molar-refractivity contribution in [2.45, 2.75) is 37.1 Å². The van der Waals surface area contributed by atoms with Crippen LogP contribution in [0.25, 0.3) is 21.6 Å². The number of carboxylic acids is 1. The molecule has 1 saturated heterocycles. The molecular formula is C20H21N3O7. The zero-order valence-electron chi connectivity index (χ0n) is 15.8. The maximum Gasteiger partial charge on any atom is 0.307 e. The van der Waals surface area contributed by atoms with Crippen molar-refractivity contribution in [3.63, 3.8) is 0 Å². The van der Waals surface area contributed by atoms with E-state index in [2.05, 4.69) is 10.0 Å². The summed E-state index contributed by atoms with van der Waals surface area (Å²) in [4.78, 5) is 13.6. The predicted molar refractivity (Wildman–Crippen MR) is 105 cm³/mol. The van der Waals surface area contributed by atoms with Crippen molar-refractivity contribution < 1.29 is 34.7 Å². The second kappa shape index (κ2) is 9.57. The molecule has 0 aromatic heterocycles. The SMILES string of the molecule is [N-]=[N+]=NC[C@H]1O[C@H](Oc2ccccc2-c2cccc(CC(=O)O)c2)[C@@H](O)[C@@H](O)[C@@H]1O. The van der Waals surface area contributed by atoms with Crippen molar-refractivity contribution >= 4 is 5.97 Å². The van der Waals surface area contributed by atoms with Crippen molar-refractivity contribution in [1.82, 2.24) is 0 Å². The van der Waals surface area contributed by atoms with Gasteiger partial charge in [-0.05, 0) is 22.7 Å². The summed E-state index contributed by atoms with van der Waals surface area (Å²) in [7, 11) is 0. The summed E-state index contributed by atoms with van der Waals surface area (Å²) in [6.07, 6.45) is -7.08. The Bertz CT molecular complexity index is 948. The molecule has 10 nitrogen and oxygen atoms in total. The van der Waals surface area contributed by atoms with Crippen LogP contribution >= 0.6 is 0 Å². The van der Waals surface area contributed by atoms with Gasteiger partial charge in [0.2, 0.25) is 6.29 Å². The zero-order chi connectivity index (χ0) is 21.7. The Balaban J connectivity index is 1.87. The van der Waals surface area contributed by atoms with Crippen LogP contribution in [0.15, 0.2) is 53.6 Å². The van der Waals surface area contributed by atoms with Crippen LogP contribution in [0.5, 0.6) is 5.75 Å². The van der Waals surface area contributed by atoms with E-state index in [1.165, 1.54) is 0 Å². The molecule has 2 aromatic carbocycles. The Kier molecular flexibility index (Phi) is 6.88. The molecule has 4 N–H and O–H groups in total. The van der Waals surface area contributed by atoms with Crippen molar-refractivity contribution in [1.29, 1.82) is 0 Å². The van der Waals surface area contributed by atoms with Gasteiger partial charge in [0.05, 0.1) is 19.1 Å². The lowest BCUT2D eigenvalue weighted by molar-refractivity contribution is -0.269. The van der Waals surface area contributed by atoms with E-state index in [0.717, 1.165) is 0 Å². The number of carboxylic acid groups (broad SMARTS) is 1. The molecule has 30 heavy (non-hydrogen) atoms. The third-order valence-electron chi connectivity index (χ3n) is 4.72. The van der Waals surface area contributed by atoms with Gasteiger partial charge in [0.15, 0.2) is 0 Å². The first kappa shape index (κ1) is 21.6. The van der Waals surface area contributed by atoms with Crippen LogP contribution in [0, 0.1) is 0 Å². The summed E-state index contributed by atoms with van der Waals surface area (Å²) >= 11 is 0. The van der Waals surface area contributed by atoms with Crippen molar-refractivity contribution in [2.24, 2.45) is 5.11 Å². The van der Waals surface area contributed by atoms with Gasteiger partial charge < -0.3 is 29.9 Å². The van der Waals surface area contributed by atoms with Gasteiger partial charge in [-0.1, -0.05) is 47.6 Å². The smallest absolute Gasteiger partial charge is 0.307 e. The minimum atomic E-state index is -1.56. The highest BCUT2D eigenvalue weighted by Gasteiger charge is 2.44. The third kappa shape index (κ3) is 4.88. The number of carbonyl (C=O) groups is 1. The number of hydrogen-bond acceptors (Lipinski definition) is 7. The standard InChI is InChI=1S/C20H21N3O7/c21-23-22-10-15-17(26)18(27)19(28)20(30-15)29-14-7-2-1-6-13(14)12-5-3-4-11(8-12)9-16(24)25/h1-8,15,17-20,26-28H,9-10H2,(H,24,25)/t15-,17-,18+,19+,20+/m1/s1. The first-order chi connectivity index (χ1) is 14.4. The molecule has 1 fully saturated rings. The Morgan fingerprint density at radius 2 is 1.87 bits per heavy atom. The molecule has 3 rings (SSSR count). The first-order valence-electron chi connectivity index (χ1n) is 9.18. The Labute approximate surface area is 171 Å².